The van der Waals surface area contributed by atoms with Crippen molar-refractivity contribution in [3.05, 3.63) is 53.1 Å². The van der Waals surface area contributed by atoms with E-state index >= 15 is 0 Å². The smallest absolute Gasteiger partial charge is 0.341 e. The molecule has 0 fully saturated rings. The fraction of sp³-hybridized carbons (Fsp3) is 0.263. The Morgan fingerprint density at radius 1 is 1.08 bits per heavy atom. The summed E-state index contributed by atoms with van der Waals surface area (Å²) in [4.78, 5) is 23.2. The molecule has 1 amide bonds. The van der Waals surface area contributed by atoms with Gasteiger partial charge in [0.25, 0.3) is 5.91 Å². The van der Waals surface area contributed by atoms with Gasteiger partial charge in [-0.3, -0.25) is 4.79 Å². The van der Waals surface area contributed by atoms with E-state index < -0.39 is 12.6 Å². The molecule has 0 spiro atoms. The first-order valence-electron chi connectivity index (χ1n) is 7.91. The van der Waals surface area contributed by atoms with Gasteiger partial charge in [0.1, 0.15) is 11.5 Å². The van der Waals surface area contributed by atoms with Gasteiger partial charge in [0.2, 0.25) is 0 Å². The second-order valence-corrected chi connectivity index (χ2v) is 5.50. The molecule has 0 unspecified atom stereocenters. The monoisotopic (exact) mass is 343 g/mol. The number of carboxylic acids is 1. The first-order chi connectivity index (χ1) is 11.9. The van der Waals surface area contributed by atoms with Gasteiger partial charge in [-0.25, -0.2) is 4.79 Å². The first kappa shape index (κ1) is 18.3. The normalized spacial score (nSPS) is 10.2. The van der Waals surface area contributed by atoms with Crippen molar-refractivity contribution in [2.75, 3.05) is 18.5 Å². The number of hydrogen-bond donors (Lipinski definition) is 2. The highest BCUT2D eigenvalue weighted by Gasteiger charge is 2.14. The molecule has 0 saturated carbocycles. The molecule has 0 saturated heterocycles. The van der Waals surface area contributed by atoms with E-state index in [9.17, 15) is 9.59 Å². The third-order valence-electron chi connectivity index (χ3n) is 3.50. The van der Waals surface area contributed by atoms with Crippen molar-refractivity contribution in [1.82, 2.24) is 0 Å². The van der Waals surface area contributed by atoms with Crippen LogP contribution in [0.1, 0.15) is 28.4 Å². The number of aliphatic carboxylic acids is 1. The van der Waals surface area contributed by atoms with E-state index in [0.717, 1.165) is 0 Å². The first-order valence-corrected chi connectivity index (χ1v) is 7.91. The Bertz CT molecular complexity index is 762. The Labute approximate surface area is 146 Å². The van der Waals surface area contributed by atoms with Crippen molar-refractivity contribution in [3.63, 3.8) is 0 Å². The van der Waals surface area contributed by atoms with E-state index in [-0.39, 0.29) is 5.91 Å². The average molecular weight is 343 g/mol. The molecule has 2 N–H and O–H groups in total. The number of carbonyl (C=O) groups is 2. The molecule has 0 aliphatic heterocycles. The molecule has 0 aliphatic carbocycles. The Balaban J connectivity index is 2.21. The van der Waals surface area contributed by atoms with Crippen LogP contribution in [0.2, 0.25) is 0 Å². The van der Waals surface area contributed by atoms with Crippen molar-refractivity contribution < 1.29 is 24.2 Å². The predicted molar refractivity (Wildman–Crippen MR) is 94.6 cm³/mol. The number of para-hydroxylation sites is 2. The van der Waals surface area contributed by atoms with E-state index in [2.05, 4.69) is 5.32 Å². The van der Waals surface area contributed by atoms with E-state index in [0.29, 0.717) is 40.5 Å². The van der Waals surface area contributed by atoms with Gasteiger partial charge < -0.3 is 19.9 Å². The summed E-state index contributed by atoms with van der Waals surface area (Å²) in [6.45, 7) is 5.50. The predicted octanol–water partition coefficient (Wildman–Crippen LogP) is 3.42. The highest BCUT2D eigenvalue weighted by Crippen LogP contribution is 2.27. The van der Waals surface area contributed by atoms with Crippen LogP contribution in [0.5, 0.6) is 11.5 Å². The van der Waals surface area contributed by atoms with E-state index in [1.807, 2.05) is 19.1 Å². The van der Waals surface area contributed by atoms with Crippen LogP contribution in [0.4, 0.5) is 5.69 Å². The number of anilines is 1. The van der Waals surface area contributed by atoms with Crippen molar-refractivity contribution in [1.29, 1.82) is 0 Å². The standard InChI is InChI=1S/C19H21NO5/c1-4-24-16-8-6-5-7-15(16)20-19(23)14-9-12(2)18(13(3)10-14)25-11-17(21)22/h5-10H,4,11H2,1-3H3,(H,20,23)(H,21,22). The van der Waals surface area contributed by atoms with Crippen LogP contribution in [0.25, 0.3) is 0 Å². The van der Waals surface area contributed by atoms with Crippen molar-refractivity contribution in [3.8, 4) is 11.5 Å². The number of carbonyl (C=O) groups excluding carboxylic acids is 1. The number of amides is 1. The van der Waals surface area contributed by atoms with E-state index in [4.69, 9.17) is 14.6 Å². The van der Waals surface area contributed by atoms with Crippen molar-refractivity contribution >= 4 is 17.6 Å². The Morgan fingerprint density at radius 2 is 1.72 bits per heavy atom. The number of carboxylic acid groups (broad SMARTS) is 1. The summed E-state index contributed by atoms with van der Waals surface area (Å²) in [7, 11) is 0. The summed E-state index contributed by atoms with van der Waals surface area (Å²) in [5.41, 5.74) is 2.45. The lowest BCUT2D eigenvalue weighted by Crippen LogP contribution is -2.15. The minimum atomic E-state index is -1.05. The van der Waals surface area contributed by atoms with Gasteiger partial charge >= 0.3 is 5.97 Å². The van der Waals surface area contributed by atoms with Gasteiger partial charge in [-0.15, -0.1) is 0 Å². The van der Waals surface area contributed by atoms with Gasteiger partial charge in [-0.2, -0.15) is 0 Å². The van der Waals surface area contributed by atoms with Crippen LogP contribution in [-0.4, -0.2) is 30.2 Å². The van der Waals surface area contributed by atoms with E-state index in [1.165, 1.54) is 0 Å². The zero-order valence-electron chi connectivity index (χ0n) is 14.5. The third kappa shape index (κ3) is 4.73. The number of aryl methyl sites for hydroxylation is 2. The second-order valence-electron chi connectivity index (χ2n) is 5.50. The summed E-state index contributed by atoms with van der Waals surface area (Å²) in [5, 5.41) is 11.6. The molecular weight excluding hydrogens is 322 g/mol. The number of benzene rings is 2. The maximum Gasteiger partial charge on any atom is 0.341 e. The molecule has 0 aliphatic rings. The van der Waals surface area contributed by atoms with Crippen LogP contribution >= 0.6 is 0 Å². The third-order valence-corrected chi connectivity index (χ3v) is 3.50. The van der Waals surface area contributed by atoms with Crippen LogP contribution in [0.3, 0.4) is 0 Å². The molecule has 6 nitrogen and oxygen atoms in total. The molecule has 25 heavy (non-hydrogen) atoms. The molecular formula is C19H21NO5. The summed E-state index contributed by atoms with van der Waals surface area (Å²) >= 11 is 0. The second kappa shape index (κ2) is 8.19. The summed E-state index contributed by atoms with van der Waals surface area (Å²) in [5.74, 6) is -0.238. The number of rotatable bonds is 7. The molecule has 132 valence electrons. The molecule has 6 heteroatoms. The summed E-state index contributed by atoms with van der Waals surface area (Å²) in [6, 6.07) is 10.6. The minimum Gasteiger partial charge on any atom is -0.492 e. The lowest BCUT2D eigenvalue weighted by atomic mass is 10.0. The van der Waals surface area contributed by atoms with Gasteiger partial charge in [-0.05, 0) is 56.2 Å². The lowest BCUT2D eigenvalue weighted by Gasteiger charge is -2.14. The topological polar surface area (TPSA) is 84.9 Å². The fourth-order valence-electron chi connectivity index (χ4n) is 2.49. The fourth-order valence-corrected chi connectivity index (χ4v) is 2.49. The number of nitrogens with one attached hydrogen (secondary N) is 1. The van der Waals surface area contributed by atoms with Crippen LogP contribution in [-0.2, 0) is 4.79 Å². The van der Waals surface area contributed by atoms with Gasteiger partial charge in [-0.1, -0.05) is 12.1 Å². The Hall–Kier alpha value is -3.02. The lowest BCUT2D eigenvalue weighted by molar-refractivity contribution is -0.139. The minimum absolute atomic E-state index is 0.275. The summed E-state index contributed by atoms with van der Waals surface area (Å²) in [6.07, 6.45) is 0. The van der Waals surface area contributed by atoms with Crippen molar-refractivity contribution in [2.45, 2.75) is 20.8 Å². The zero-order valence-corrected chi connectivity index (χ0v) is 14.5. The maximum atomic E-state index is 12.6. The quantitative estimate of drug-likeness (QED) is 0.805. The van der Waals surface area contributed by atoms with Crippen LogP contribution in [0.15, 0.2) is 36.4 Å². The van der Waals surface area contributed by atoms with Crippen LogP contribution in [0, 0.1) is 13.8 Å². The molecule has 0 atom stereocenters. The molecule has 2 rings (SSSR count). The van der Waals surface area contributed by atoms with Crippen LogP contribution < -0.4 is 14.8 Å². The highest BCUT2D eigenvalue weighted by molar-refractivity contribution is 6.05. The zero-order chi connectivity index (χ0) is 18.4. The van der Waals surface area contributed by atoms with Gasteiger partial charge in [0, 0.05) is 5.56 Å². The maximum absolute atomic E-state index is 12.6. The molecule has 0 aromatic heterocycles. The molecule has 0 radical (unpaired) electrons. The highest BCUT2D eigenvalue weighted by atomic mass is 16.5. The molecule has 0 bridgehead atoms. The Kier molecular flexibility index (Phi) is 6.00. The average Bonchev–Trinajstić information content (AvgIpc) is 2.55. The SMILES string of the molecule is CCOc1ccccc1NC(=O)c1cc(C)c(OCC(=O)O)c(C)c1. The Morgan fingerprint density at radius 3 is 2.32 bits per heavy atom. The molecule has 2 aromatic carbocycles. The number of ether oxygens (including phenoxy) is 2. The molecule has 0 heterocycles. The van der Waals surface area contributed by atoms with Gasteiger partial charge in [0.05, 0.1) is 12.3 Å². The van der Waals surface area contributed by atoms with E-state index in [1.54, 1.807) is 38.1 Å². The van der Waals surface area contributed by atoms with Crippen molar-refractivity contribution in [2.24, 2.45) is 0 Å². The largest absolute Gasteiger partial charge is 0.492 e. The number of hydrogen-bond acceptors (Lipinski definition) is 4. The molecule has 2 aromatic rings. The summed E-state index contributed by atoms with van der Waals surface area (Å²) < 4.78 is 10.8. The van der Waals surface area contributed by atoms with Gasteiger partial charge in [0.15, 0.2) is 6.61 Å².